The van der Waals surface area contributed by atoms with E-state index in [0.717, 1.165) is 6.07 Å². The van der Waals surface area contributed by atoms with E-state index in [2.05, 4.69) is 10.0 Å². The summed E-state index contributed by atoms with van der Waals surface area (Å²) in [4.78, 5) is 0. The quantitative estimate of drug-likeness (QED) is 0.414. The number of sulfonamides is 1. The van der Waals surface area contributed by atoms with Gasteiger partial charge in [-0.25, -0.2) is 21.6 Å². The third-order valence-corrected chi connectivity index (χ3v) is 8.28. The number of fused-ring (bicyclic) bond motifs is 1. The third kappa shape index (κ3) is 4.17. The smallest absolute Gasteiger partial charge is 0.238 e. The standard InChI is InChI=1S/C19H18F3IN2O5S/c20-10-5-9(23)1-2-12(10)24-18-16(22)11(21)6-15-17(18)25-31(28,29)19(3-4-19)7-13(26)14(27)8-30-15/h1-2,5-6,13-14,24-27H,3-4,7-8H2/t13-,14-/m1/s1. The first kappa shape index (κ1) is 22.4. The summed E-state index contributed by atoms with van der Waals surface area (Å²) in [6.07, 6.45) is -2.64. The van der Waals surface area contributed by atoms with Gasteiger partial charge in [-0.1, -0.05) is 0 Å². The van der Waals surface area contributed by atoms with Gasteiger partial charge in [0.15, 0.2) is 11.6 Å². The fourth-order valence-electron chi connectivity index (χ4n) is 3.43. The fraction of sp³-hybridized carbons (Fsp3) is 0.368. The van der Waals surface area contributed by atoms with Crippen molar-refractivity contribution in [3.63, 3.8) is 0 Å². The first-order valence-electron chi connectivity index (χ1n) is 9.28. The van der Waals surface area contributed by atoms with Crippen LogP contribution in [0.5, 0.6) is 5.75 Å². The Labute approximate surface area is 189 Å². The Kier molecular flexibility index (Phi) is 5.77. The van der Waals surface area contributed by atoms with E-state index >= 15 is 0 Å². The summed E-state index contributed by atoms with van der Waals surface area (Å²) in [5.41, 5.74) is -1.32. The first-order valence-corrected chi connectivity index (χ1v) is 11.8. The number of ether oxygens (including phenoxy) is 1. The van der Waals surface area contributed by atoms with E-state index in [-0.39, 0.29) is 24.9 Å². The highest BCUT2D eigenvalue weighted by Gasteiger charge is 2.56. The van der Waals surface area contributed by atoms with E-state index in [1.165, 1.54) is 12.1 Å². The largest absolute Gasteiger partial charge is 0.488 e. The molecule has 1 aliphatic carbocycles. The van der Waals surface area contributed by atoms with Gasteiger partial charge in [0, 0.05) is 9.64 Å². The molecule has 0 saturated heterocycles. The van der Waals surface area contributed by atoms with E-state index in [0.29, 0.717) is 9.64 Å². The highest BCUT2D eigenvalue weighted by atomic mass is 127. The molecule has 4 rings (SSSR count). The minimum absolute atomic E-state index is 0.208. The van der Waals surface area contributed by atoms with E-state index in [9.17, 15) is 31.8 Å². The Morgan fingerprint density at radius 1 is 1.13 bits per heavy atom. The number of benzene rings is 2. The SMILES string of the molecule is O=S1(=O)Nc2c(cc(F)c(F)c2Nc2ccc(I)cc2F)OC[C@@H](O)[C@H](O)CC12CC2. The number of aliphatic hydroxyl groups is 2. The molecule has 1 saturated carbocycles. The lowest BCUT2D eigenvalue weighted by molar-refractivity contribution is -0.0129. The number of hydrogen-bond acceptors (Lipinski definition) is 6. The molecule has 2 aromatic carbocycles. The summed E-state index contributed by atoms with van der Waals surface area (Å²) in [7, 11) is -4.21. The van der Waals surface area contributed by atoms with Gasteiger partial charge < -0.3 is 20.3 Å². The van der Waals surface area contributed by atoms with Gasteiger partial charge in [0.05, 0.1) is 16.5 Å². The average Bonchev–Trinajstić information content (AvgIpc) is 3.48. The molecule has 1 fully saturated rings. The summed E-state index contributed by atoms with van der Waals surface area (Å²) in [6.45, 7) is -0.492. The molecule has 2 aromatic rings. The van der Waals surface area contributed by atoms with E-state index in [4.69, 9.17) is 4.74 Å². The Morgan fingerprint density at radius 3 is 2.48 bits per heavy atom. The van der Waals surface area contributed by atoms with Gasteiger partial charge in [0.1, 0.15) is 35.7 Å². The predicted octanol–water partition coefficient (Wildman–Crippen LogP) is 3.23. The van der Waals surface area contributed by atoms with E-state index in [1.807, 2.05) is 22.6 Å². The van der Waals surface area contributed by atoms with Crippen LogP contribution in [0.25, 0.3) is 0 Å². The van der Waals surface area contributed by atoms with Crippen molar-refractivity contribution in [2.24, 2.45) is 0 Å². The Balaban J connectivity index is 1.86. The number of anilines is 3. The van der Waals surface area contributed by atoms with E-state index in [1.54, 1.807) is 0 Å². The Bertz CT molecular complexity index is 1140. The van der Waals surface area contributed by atoms with Crippen molar-refractivity contribution >= 4 is 49.7 Å². The van der Waals surface area contributed by atoms with Gasteiger partial charge in [-0.2, -0.15) is 0 Å². The van der Waals surface area contributed by atoms with Crippen LogP contribution >= 0.6 is 22.6 Å². The van der Waals surface area contributed by atoms with Gasteiger partial charge in [0.25, 0.3) is 0 Å². The van der Waals surface area contributed by atoms with Crippen molar-refractivity contribution in [1.82, 2.24) is 0 Å². The monoisotopic (exact) mass is 570 g/mol. The van der Waals surface area contributed by atoms with Crippen LogP contribution in [0.1, 0.15) is 19.3 Å². The molecular formula is C19H18F3IN2O5S. The van der Waals surface area contributed by atoms with Crippen LogP contribution in [0, 0.1) is 21.0 Å². The number of hydrogen-bond donors (Lipinski definition) is 4. The summed E-state index contributed by atoms with van der Waals surface area (Å²) in [5, 5.41) is 22.7. The van der Waals surface area contributed by atoms with Gasteiger partial charge in [-0.05, 0) is 60.1 Å². The zero-order valence-corrected chi connectivity index (χ0v) is 18.8. The van der Waals surface area contributed by atoms with Crippen molar-refractivity contribution in [3.8, 4) is 5.75 Å². The Hall–Kier alpha value is -1.77. The third-order valence-electron chi connectivity index (χ3n) is 5.42. The molecule has 12 heteroatoms. The summed E-state index contributed by atoms with van der Waals surface area (Å²) in [5.74, 6) is -3.99. The van der Waals surface area contributed by atoms with Crippen LogP contribution in [0.15, 0.2) is 24.3 Å². The van der Waals surface area contributed by atoms with Crippen molar-refractivity contribution < 1.29 is 36.5 Å². The van der Waals surface area contributed by atoms with Crippen molar-refractivity contribution in [2.75, 3.05) is 16.6 Å². The molecule has 1 spiro atoms. The fourth-order valence-corrected chi connectivity index (χ4v) is 5.60. The van der Waals surface area contributed by atoms with E-state index < -0.39 is 68.2 Å². The molecule has 0 bridgehead atoms. The molecule has 168 valence electrons. The highest BCUT2D eigenvalue weighted by molar-refractivity contribution is 14.1. The van der Waals surface area contributed by atoms with Crippen LogP contribution in [-0.2, 0) is 10.0 Å². The van der Waals surface area contributed by atoms with Crippen molar-refractivity contribution in [1.29, 1.82) is 0 Å². The highest BCUT2D eigenvalue weighted by Crippen LogP contribution is 2.50. The van der Waals surface area contributed by atoms with Crippen molar-refractivity contribution in [3.05, 3.63) is 45.3 Å². The summed E-state index contributed by atoms with van der Waals surface area (Å²) in [6, 6.07) is 4.62. The topological polar surface area (TPSA) is 108 Å². The lowest BCUT2D eigenvalue weighted by Gasteiger charge is -2.28. The maximum absolute atomic E-state index is 14.8. The van der Waals surface area contributed by atoms with Gasteiger partial charge in [0.2, 0.25) is 10.0 Å². The number of aliphatic hydroxyl groups excluding tert-OH is 2. The van der Waals surface area contributed by atoms with Crippen LogP contribution in [0.4, 0.5) is 30.2 Å². The molecule has 1 aliphatic heterocycles. The molecule has 0 amide bonds. The predicted molar refractivity (Wildman–Crippen MR) is 115 cm³/mol. The summed E-state index contributed by atoms with van der Waals surface area (Å²) < 4.78 is 76.3. The van der Waals surface area contributed by atoms with Crippen LogP contribution in [0.2, 0.25) is 0 Å². The lowest BCUT2D eigenvalue weighted by Crippen LogP contribution is -2.41. The molecule has 0 aromatic heterocycles. The van der Waals surface area contributed by atoms with Gasteiger partial charge in [-0.15, -0.1) is 0 Å². The van der Waals surface area contributed by atoms with Crippen molar-refractivity contribution in [2.45, 2.75) is 36.2 Å². The molecule has 4 N–H and O–H groups in total. The molecule has 7 nitrogen and oxygen atoms in total. The number of nitrogens with one attached hydrogen (secondary N) is 2. The zero-order chi connectivity index (χ0) is 22.6. The second kappa shape index (κ2) is 7.98. The first-order chi connectivity index (χ1) is 14.5. The average molecular weight is 570 g/mol. The molecule has 2 aliphatic rings. The molecule has 0 radical (unpaired) electrons. The summed E-state index contributed by atoms with van der Waals surface area (Å²) >= 11 is 1.88. The molecule has 0 unspecified atom stereocenters. The van der Waals surface area contributed by atoms with Crippen LogP contribution < -0.4 is 14.8 Å². The molecule has 2 atom stereocenters. The van der Waals surface area contributed by atoms with Crippen LogP contribution in [-0.4, -0.2) is 42.2 Å². The lowest BCUT2D eigenvalue weighted by atomic mass is 10.1. The minimum Gasteiger partial charge on any atom is -0.488 e. The van der Waals surface area contributed by atoms with Gasteiger partial charge >= 0.3 is 0 Å². The van der Waals surface area contributed by atoms with Crippen LogP contribution in [0.3, 0.4) is 0 Å². The zero-order valence-electron chi connectivity index (χ0n) is 15.8. The Morgan fingerprint density at radius 2 is 1.84 bits per heavy atom. The maximum atomic E-state index is 14.8. The molecular weight excluding hydrogens is 552 g/mol. The minimum atomic E-state index is -4.21. The second-order valence-electron chi connectivity index (χ2n) is 7.61. The second-order valence-corrected chi connectivity index (χ2v) is 10.9. The maximum Gasteiger partial charge on any atom is 0.238 e. The van der Waals surface area contributed by atoms with Gasteiger partial charge in [-0.3, -0.25) is 4.72 Å². The molecule has 1 heterocycles. The number of rotatable bonds is 2. The molecule has 31 heavy (non-hydrogen) atoms. The normalized spacial score (nSPS) is 23.9. The number of halogens is 4.